The molecule has 3 aromatic rings. The van der Waals surface area contributed by atoms with Crippen molar-refractivity contribution < 1.29 is 0 Å². The molecule has 0 atom stereocenters. The van der Waals surface area contributed by atoms with Gasteiger partial charge in [0.15, 0.2) is 11.2 Å². The first-order valence-electron chi connectivity index (χ1n) is 5.69. The summed E-state index contributed by atoms with van der Waals surface area (Å²) in [6.07, 6.45) is 3.19. The van der Waals surface area contributed by atoms with Gasteiger partial charge in [-0.15, -0.1) is 0 Å². The van der Waals surface area contributed by atoms with Gasteiger partial charge in [0.1, 0.15) is 0 Å². The van der Waals surface area contributed by atoms with Crippen LogP contribution in [0.2, 0.25) is 0 Å². The van der Waals surface area contributed by atoms with Crippen molar-refractivity contribution in [3.8, 4) is 0 Å². The molecular weight excluding hydrogens is 242 g/mol. The maximum atomic E-state index is 11.8. The number of aromatic amines is 2. The summed E-state index contributed by atoms with van der Waals surface area (Å²) in [7, 11) is 0. The Balaban J connectivity index is 2.00. The average molecular weight is 253 g/mol. The molecule has 94 valence electrons. The fourth-order valence-electron chi connectivity index (χ4n) is 1.78. The Hall–Kier alpha value is -2.89. The van der Waals surface area contributed by atoms with Crippen molar-refractivity contribution >= 4 is 28.9 Å². The van der Waals surface area contributed by atoms with Gasteiger partial charge < -0.3 is 10.3 Å². The van der Waals surface area contributed by atoms with Crippen molar-refractivity contribution in [1.82, 2.24) is 19.9 Å². The third-order valence-corrected chi connectivity index (χ3v) is 2.68. The monoisotopic (exact) mass is 253 g/mol. The van der Waals surface area contributed by atoms with E-state index < -0.39 is 0 Å². The van der Waals surface area contributed by atoms with Crippen LogP contribution >= 0.6 is 0 Å². The zero-order valence-corrected chi connectivity index (χ0v) is 9.97. The zero-order chi connectivity index (χ0) is 13.2. The van der Waals surface area contributed by atoms with Gasteiger partial charge in [-0.25, -0.2) is 4.98 Å². The van der Waals surface area contributed by atoms with Crippen LogP contribution in [-0.2, 0) is 0 Å². The van der Waals surface area contributed by atoms with E-state index in [0.29, 0.717) is 17.1 Å². The number of anilines is 2. The molecule has 0 saturated heterocycles. The fourth-order valence-corrected chi connectivity index (χ4v) is 1.78. The van der Waals surface area contributed by atoms with Crippen LogP contribution in [0.15, 0.2) is 42.0 Å². The third kappa shape index (κ3) is 2.11. The molecule has 0 aliphatic rings. The Bertz CT molecular complexity index is 802. The van der Waals surface area contributed by atoms with Gasteiger partial charge in [-0.3, -0.25) is 9.78 Å². The molecule has 2 aromatic heterocycles. The predicted molar refractivity (Wildman–Crippen MR) is 74.3 cm³/mol. The first kappa shape index (κ1) is 11.2. The molecule has 19 heavy (non-hydrogen) atoms. The Morgan fingerprint density at radius 3 is 3.11 bits per heavy atom. The summed E-state index contributed by atoms with van der Waals surface area (Å²) in [5.41, 5.74) is 2.28. The molecule has 0 aliphatic carbocycles. The molecule has 3 rings (SSSR count). The first-order chi connectivity index (χ1) is 9.26. The molecule has 1 aromatic carbocycles. The normalized spacial score (nSPS) is 10.5. The van der Waals surface area contributed by atoms with E-state index in [1.165, 1.54) is 6.33 Å². The van der Waals surface area contributed by atoms with Crippen molar-refractivity contribution in [3.05, 3.63) is 53.1 Å². The second-order valence-electron chi connectivity index (χ2n) is 3.97. The average Bonchev–Trinajstić information content (AvgIpc) is 2.88. The molecule has 0 saturated carbocycles. The van der Waals surface area contributed by atoms with Crippen LogP contribution in [0, 0.1) is 0 Å². The number of H-pyrrole nitrogens is 2. The van der Waals surface area contributed by atoms with Gasteiger partial charge in [-0.05, 0) is 17.7 Å². The predicted octanol–water partition coefficient (Wildman–Crippen LogP) is 2.03. The number of aromatic nitrogens is 4. The van der Waals surface area contributed by atoms with Crippen molar-refractivity contribution in [2.75, 3.05) is 5.32 Å². The van der Waals surface area contributed by atoms with Crippen molar-refractivity contribution in [2.24, 2.45) is 0 Å². The lowest BCUT2D eigenvalue weighted by Gasteiger charge is -2.05. The van der Waals surface area contributed by atoms with Gasteiger partial charge in [0.05, 0.1) is 6.33 Å². The molecule has 0 unspecified atom stereocenters. The number of hydrogen-bond acceptors (Lipinski definition) is 4. The van der Waals surface area contributed by atoms with Crippen LogP contribution in [0.3, 0.4) is 0 Å². The zero-order valence-electron chi connectivity index (χ0n) is 9.97. The quantitative estimate of drug-likeness (QED) is 0.666. The van der Waals surface area contributed by atoms with E-state index >= 15 is 0 Å². The molecule has 0 bridgehead atoms. The minimum absolute atomic E-state index is 0.259. The first-order valence-corrected chi connectivity index (χ1v) is 5.69. The van der Waals surface area contributed by atoms with E-state index in [-0.39, 0.29) is 5.56 Å². The molecule has 6 nitrogen and oxygen atoms in total. The lowest BCUT2D eigenvalue weighted by Crippen LogP contribution is -2.11. The summed E-state index contributed by atoms with van der Waals surface area (Å²) in [4.78, 5) is 25.3. The smallest absolute Gasteiger partial charge is 0.278 e. The van der Waals surface area contributed by atoms with E-state index in [4.69, 9.17) is 0 Å². The minimum atomic E-state index is -0.259. The van der Waals surface area contributed by atoms with Crippen molar-refractivity contribution in [1.29, 1.82) is 0 Å². The van der Waals surface area contributed by atoms with Crippen LogP contribution in [0.4, 0.5) is 11.6 Å². The lowest BCUT2D eigenvalue weighted by atomic mass is 10.2. The minimum Gasteiger partial charge on any atom is -0.339 e. The van der Waals surface area contributed by atoms with Gasteiger partial charge in [0.25, 0.3) is 5.56 Å². The second-order valence-corrected chi connectivity index (χ2v) is 3.97. The number of hydrogen-bond donors (Lipinski definition) is 3. The maximum absolute atomic E-state index is 11.8. The number of benzene rings is 1. The lowest BCUT2D eigenvalue weighted by molar-refractivity contribution is 1.15. The Labute approximate surface area is 108 Å². The SMILES string of the molecule is C=Cc1cccc(Nc2nc3nc[nH]c3c(=O)[nH]2)c1. The Morgan fingerprint density at radius 1 is 1.37 bits per heavy atom. The van der Waals surface area contributed by atoms with E-state index in [0.717, 1.165) is 11.3 Å². The van der Waals surface area contributed by atoms with E-state index in [9.17, 15) is 4.79 Å². The summed E-state index contributed by atoms with van der Waals surface area (Å²) in [6, 6.07) is 7.61. The molecule has 0 amide bonds. The topological polar surface area (TPSA) is 86.5 Å². The highest BCUT2D eigenvalue weighted by Gasteiger charge is 2.05. The van der Waals surface area contributed by atoms with Gasteiger partial charge in [-0.1, -0.05) is 24.8 Å². The van der Waals surface area contributed by atoms with Crippen LogP contribution in [0.1, 0.15) is 5.56 Å². The Kier molecular flexibility index (Phi) is 2.60. The van der Waals surface area contributed by atoms with E-state index in [1.807, 2.05) is 24.3 Å². The highest BCUT2D eigenvalue weighted by Crippen LogP contribution is 2.15. The molecule has 0 radical (unpaired) electrons. The van der Waals surface area contributed by atoms with Crippen LogP contribution < -0.4 is 10.9 Å². The molecule has 0 spiro atoms. The number of nitrogens with one attached hydrogen (secondary N) is 3. The standard InChI is InChI=1S/C13H11N5O/c1-2-8-4-3-5-9(6-8)16-13-17-11-10(12(19)18-13)14-7-15-11/h2-7H,1H2,(H3,14,15,16,17,18,19). The van der Waals surface area contributed by atoms with E-state index in [2.05, 4.69) is 31.8 Å². The number of rotatable bonds is 3. The number of imidazole rings is 1. The van der Waals surface area contributed by atoms with Gasteiger partial charge in [0, 0.05) is 5.69 Å². The third-order valence-electron chi connectivity index (χ3n) is 2.68. The molecule has 0 aliphatic heterocycles. The summed E-state index contributed by atoms with van der Waals surface area (Å²) < 4.78 is 0. The molecule has 3 N–H and O–H groups in total. The number of nitrogens with zero attached hydrogens (tertiary/aromatic N) is 2. The maximum Gasteiger partial charge on any atom is 0.278 e. The Morgan fingerprint density at radius 2 is 2.26 bits per heavy atom. The number of fused-ring (bicyclic) bond motifs is 1. The highest BCUT2D eigenvalue weighted by atomic mass is 16.1. The van der Waals surface area contributed by atoms with Crippen molar-refractivity contribution in [2.45, 2.75) is 0 Å². The van der Waals surface area contributed by atoms with Crippen LogP contribution in [0.25, 0.3) is 17.2 Å². The highest BCUT2D eigenvalue weighted by molar-refractivity contribution is 5.71. The second kappa shape index (κ2) is 4.41. The fraction of sp³-hybridized carbons (Fsp3) is 0. The summed E-state index contributed by atoms with van der Waals surface area (Å²) in [6.45, 7) is 3.71. The van der Waals surface area contributed by atoms with Gasteiger partial charge in [0.2, 0.25) is 5.95 Å². The molecule has 0 fully saturated rings. The van der Waals surface area contributed by atoms with E-state index in [1.54, 1.807) is 6.08 Å². The summed E-state index contributed by atoms with van der Waals surface area (Å²) in [5.74, 6) is 0.353. The van der Waals surface area contributed by atoms with Gasteiger partial charge >= 0.3 is 0 Å². The molecule has 6 heteroatoms. The largest absolute Gasteiger partial charge is 0.339 e. The molecular formula is C13H11N5O. The molecule has 2 heterocycles. The summed E-state index contributed by atoms with van der Waals surface area (Å²) in [5, 5.41) is 3.03. The van der Waals surface area contributed by atoms with Gasteiger partial charge in [-0.2, -0.15) is 4.98 Å². The van der Waals surface area contributed by atoms with Crippen molar-refractivity contribution in [3.63, 3.8) is 0 Å². The van der Waals surface area contributed by atoms with Crippen LogP contribution in [0.5, 0.6) is 0 Å². The summed E-state index contributed by atoms with van der Waals surface area (Å²) >= 11 is 0. The van der Waals surface area contributed by atoms with Crippen LogP contribution in [-0.4, -0.2) is 19.9 Å².